The highest BCUT2D eigenvalue weighted by Crippen LogP contribution is 2.19. The van der Waals surface area contributed by atoms with Gasteiger partial charge in [-0.3, -0.25) is 0 Å². The van der Waals surface area contributed by atoms with E-state index in [4.69, 9.17) is 5.84 Å². The number of rotatable bonds is 2. The van der Waals surface area contributed by atoms with Crippen LogP contribution >= 0.6 is 0 Å². The van der Waals surface area contributed by atoms with Crippen LogP contribution in [0.25, 0.3) is 16.9 Å². The van der Waals surface area contributed by atoms with E-state index in [1.807, 2.05) is 62.5 Å². The van der Waals surface area contributed by atoms with Crippen LogP contribution in [0.5, 0.6) is 0 Å². The smallest absolute Gasteiger partial charge is 0.182 e. The second kappa shape index (κ2) is 5.97. The maximum absolute atomic E-state index is 5.47. The van der Waals surface area contributed by atoms with Gasteiger partial charge in [0.2, 0.25) is 0 Å². The van der Waals surface area contributed by atoms with Gasteiger partial charge < -0.3 is 5.43 Å². The van der Waals surface area contributed by atoms with E-state index in [1.54, 1.807) is 4.52 Å². The Bertz CT molecular complexity index is 645. The number of anilines is 1. The predicted octanol–water partition coefficient (Wildman–Crippen LogP) is 2.71. The summed E-state index contributed by atoms with van der Waals surface area (Å²) in [6, 6.07) is 13.6. The molecule has 19 heavy (non-hydrogen) atoms. The number of fused-ring (bicyclic) bond motifs is 1. The SMILES string of the molecule is CC.NNc1nc(-c2ccccc2)nn2cccc12. The van der Waals surface area contributed by atoms with Crippen molar-refractivity contribution < 1.29 is 0 Å². The van der Waals surface area contributed by atoms with Crippen LogP contribution in [0.2, 0.25) is 0 Å². The zero-order valence-corrected chi connectivity index (χ0v) is 11.0. The molecule has 0 saturated heterocycles. The van der Waals surface area contributed by atoms with Gasteiger partial charge in [0.25, 0.3) is 0 Å². The number of hydrogen-bond donors (Lipinski definition) is 2. The lowest BCUT2D eigenvalue weighted by molar-refractivity contribution is 0.912. The van der Waals surface area contributed by atoms with Gasteiger partial charge in [0.15, 0.2) is 11.6 Å². The fraction of sp³-hybridized carbons (Fsp3) is 0.143. The molecule has 0 bridgehead atoms. The minimum Gasteiger partial charge on any atom is -0.307 e. The molecule has 0 radical (unpaired) electrons. The highest BCUT2D eigenvalue weighted by molar-refractivity contribution is 5.69. The maximum atomic E-state index is 5.47. The summed E-state index contributed by atoms with van der Waals surface area (Å²) >= 11 is 0. The molecule has 0 aliphatic carbocycles. The third-order valence-corrected chi connectivity index (χ3v) is 2.56. The summed E-state index contributed by atoms with van der Waals surface area (Å²) in [5.74, 6) is 6.72. The summed E-state index contributed by atoms with van der Waals surface area (Å²) in [5.41, 5.74) is 4.41. The van der Waals surface area contributed by atoms with Gasteiger partial charge in [-0.25, -0.2) is 15.3 Å². The summed E-state index contributed by atoms with van der Waals surface area (Å²) in [7, 11) is 0. The van der Waals surface area contributed by atoms with E-state index >= 15 is 0 Å². The Morgan fingerprint density at radius 3 is 2.47 bits per heavy atom. The van der Waals surface area contributed by atoms with Gasteiger partial charge in [-0.15, -0.1) is 5.10 Å². The summed E-state index contributed by atoms with van der Waals surface area (Å²) in [4.78, 5) is 4.39. The van der Waals surface area contributed by atoms with Gasteiger partial charge in [0.1, 0.15) is 5.52 Å². The van der Waals surface area contributed by atoms with Crippen LogP contribution < -0.4 is 11.3 Å². The summed E-state index contributed by atoms with van der Waals surface area (Å²) in [6.07, 6.45) is 1.87. The number of hydrazine groups is 1. The third kappa shape index (κ3) is 2.56. The molecule has 0 aliphatic heterocycles. The summed E-state index contributed by atoms with van der Waals surface area (Å²) < 4.78 is 1.75. The molecule has 0 spiro atoms. The highest BCUT2D eigenvalue weighted by atomic mass is 15.3. The minimum atomic E-state index is 0.615. The van der Waals surface area contributed by atoms with E-state index < -0.39 is 0 Å². The van der Waals surface area contributed by atoms with E-state index in [0.717, 1.165) is 11.1 Å². The monoisotopic (exact) mass is 255 g/mol. The normalized spacial score (nSPS) is 9.84. The number of benzene rings is 1. The van der Waals surface area contributed by atoms with Crippen LogP contribution in [0.1, 0.15) is 13.8 Å². The van der Waals surface area contributed by atoms with Gasteiger partial charge in [0, 0.05) is 11.8 Å². The zero-order valence-electron chi connectivity index (χ0n) is 11.0. The van der Waals surface area contributed by atoms with E-state index in [0.29, 0.717) is 11.6 Å². The minimum absolute atomic E-state index is 0.615. The van der Waals surface area contributed by atoms with Crippen molar-refractivity contribution in [2.45, 2.75) is 13.8 Å². The number of aromatic nitrogens is 3. The van der Waals surface area contributed by atoms with Crippen molar-refractivity contribution in [2.75, 3.05) is 5.43 Å². The lowest BCUT2D eigenvalue weighted by Crippen LogP contribution is -2.11. The molecule has 5 nitrogen and oxygen atoms in total. The first-order valence-electron chi connectivity index (χ1n) is 6.26. The predicted molar refractivity (Wildman–Crippen MR) is 77.6 cm³/mol. The molecule has 98 valence electrons. The van der Waals surface area contributed by atoms with Crippen molar-refractivity contribution in [3.63, 3.8) is 0 Å². The van der Waals surface area contributed by atoms with Gasteiger partial charge >= 0.3 is 0 Å². The van der Waals surface area contributed by atoms with Crippen molar-refractivity contribution in [3.8, 4) is 11.4 Å². The molecule has 3 rings (SSSR count). The van der Waals surface area contributed by atoms with Crippen molar-refractivity contribution in [1.29, 1.82) is 0 Å². The number of hydrogen-bond acceptors (Lipinski definition) is 4. The molecule has 2 aromatic heterocycles. The topological polar surface area (TPSA) is 68.2 Å². The van der Waals surface area contributed by atoms with E-state index in [-0.39, 0.29) is 0 Å². The average Bonchev–Trinajstić information content (AvgIpc) is 2.97. The van der Waals surface area contributed by atoms with Crippen LogP contribution in [-0.4, -0.2) is 14.6 Å². The first kappa shape index (κ1) is 13.0. The molecule has 0 fully saturated rings. The van der Waals surface area contributed by atoms with Crippen LogP contribution in [0, 0.1) is 0 Å². The Kier molecular flexibility index (Phi) is 4.10. The number of nitrogens with zero attached hydrogens (tertiary/aromatic N) is 3. The average molecular weight is 255 g/mol. The van der Waals surface area contributed by atoms with Gasteiger partial charge in [0.05, 0.1) is 0 Å². The molecule has 0 unspecified atom stereocenters. The second-order valence-electron chi connectivity index (χ2n) is 3.63. The third-order valence-electron chi connectivity index (χ3n) is 2.56. The van der Waals surface area contributed by atoms with Gasteiger partial charge in [-0.1, -0.05) is 44.2 Å². The van der Waals surface area contributed by atoms with Crippen molar-refractivity contribution >= 4 is 11.3 Å². The lowest BCUT2D eigenvalue weighted by atomic mass is 10.2. The molecular formula is C14H17N5. The zero-order chi connectivity index (χ0) is 13.7. The molecule has 0 aliphatic rings. The second-order valence-corrected chi connectivity index (χ2v) is 3.63. The number of nitrogens with two attached hydrogens (primary N) is 1. The largest absolute Gasteiger partial charge is 0.307 e. The molecule has 5 heteroatoms. The summed E-state index contributed by atoms with van der Waals surface area (Å²) in [6.45, 7) is 4.00. The van der Waals surface area contributed by atoms with Crippen LogP contribution in [0.3, 0.4) is 0 Å². The Hall–Kier alpha value is -2.40. The van der Waals surface area contributed by atoms with Crippen molar-refractivity contribution in [2.24, 2.45) is 5.84 Å². The lowest BCUT2D eigenvalue weighted by Gasteiger charge is -2.06. The molecule has 3 N–H and O–H groups in total. The first-order chi connectivity index (χ1) is 9.38. The highest BCUT2D eigenvalue weighted by Gasteiger charge is 2.07. The Morgan fingerprint density at radius 1 is 1.05 bits per heavy atom. The number of nitrogen functional groups attached to an aromatic ring is 1. The molecule has 0 atom stereocenters. The fourth-order valence-corrected chi connectivity index (χ4v) is 1.75. The molecule has 2 heterocycles. The van der Waals surface area contributed by atoms with E-state index in [9.17, 15) is 0 Å². The Morgan fingerprint density at radius 2 is 1.79 bits per heavy atom. The molecular weight excluding hydrogens is 238 g/mol. The van der Waals surface area contributed by atoms with Gasteiger partial charge in [-0.05, 0) is 12.1 Å². The van der Waals surface area contributed by atoms with Crippen LogP contribution in [0.4, 0.5) is 5.82 Å². The van der Waals surface area contributed by atoms with Crippen LogP contribution in [0.15, 0.2) is 48.7 Å². The van der Waals surface area contributed by atoms with E-state index in [1.165, 1.54) is 0 Å². The first-order valence-corrected chi connectivity index (χ1v) is 6.26. The Labute approximate surface area is 112 Å². The van der Waals surface area contributed by atoms with Crippen LogP contribution in [-0.2, 0) is 0 Å². The molecule has 3 aromatic rings. The molecule has 1 aromatic carbocycles. The van der Waals surface area contributed by atoms with Crippen molar-refractivity contribution in [1.82, 2.24) is 14.6 Å². The fourth-order valence-electron chi connectivity index (χ4n) is 1.75. The van der Waals surface area contributed by atoms with Gasteiger partial charge in [-0.2, -0.15) is 0 Å². The van der Waals surface area contributed by atoms with E-state index in [2.05, 4.69) is 15.5 Å². The maximum Gasteiger partial charge on any atom is 0.182 e. The summed E-state index contributed by atoms with van der Waals surface area (Å²) in [5, 5.41) is 4.42. The molecule has 0 amide bonds. The van der Waals surface area contributed by atoms with Crippen molar-refractivity contribution in [3.05, 3.63) is 48.7 Å². The molecule has 0 saturated carbocycles. The Balaban J connectivity index is 0.000000637. The standard InChI is InChI=1S/C12H11N5.C2H6/c13-15-12-10-7-4-8-17(10)16-11(14-12)9-5-2-1-3-6-9;1-2/h1-8H,13H2,(H,14,15,16);1-2H3. The number of nitrogens with one attached hydrogen (secondary N) is 1. The quantitative estimate of drug-likeness (QED) is 0.545.